The Morgan fingerprint density at radius 2 is 1.80 bits per heavy atom. The average Bonchev–Trinajstić information content (AvgIpc) is 3.11. The molecule has 3 amide bonds. The van der Waals surface area contributed by atoms with Crippen molar-refractivity contribution in [1.82, 2.24) is 4.90 Å². The van der Waals surface area contributed by atoms with Crippen LogP contribution in [-0.2, 0) is 14.3 Å². The monoisotopic (exact) mass is 482 g/mol. The topological polar surface area (TPSA) is 111 Å². The minimum Gasteiger partial charge on any atom is -0.493 e. The molecule has 0 saturated carbocycles. The maximum Gasteiger partial charge on any atom is 0.307 e. The maximum absolute atomic E-state index is 13.6. The molecule has 0 aliphatic carbocycles. The maximum atomic E-state index is 13.6. The Bertz CT molecular complexity index is 1130. The molecule has 2 aromatic carbocycles. The van der Waals surface area contributed by atoms with Gasteiger partial charge in [0.1, 0.15) is 0 Å². The predicted molar refractivity (Wildman–Crippen MR) is 129 cm³/mol. The number of nitrogens with one attached hydrogen (secondary N) is 1. The van der Waals surface area contributed by atoms with Crippen LogP contribution >= 0.6 is 0 Å². The van der Waals surface area contributed by atoms with Crippen molar-refractivity contribution in [3.63, 3.8) is 0 Å². The number of rotatable bonds is 11. The van der Waals surface area contributed by atoms with Crippen molar-refractivity contribution in [2.75, 3.05) is 26.1 Å². The first-order chi connectivity index (χ1) is 16.9. The van der Waals surface area contributed by atoms with Gasteiger partial charge in [0.15, 0.2) is 11.5 Å². The number of carbonyl (C=O) groups excluding carboxylic acids is 4. The smallest absolute Gasteiger partial charge is 0.307 e. The molecular weight excluding hydrogens is 452 g/mol. The van der Waals surface area contributed by atoms with E-state index in [0.717, 1.165) is 11.3 Å². The Hall–Kier alpha value is -3.88. The largest absolute Gasteiger partial charge is 0.493 e. The van der Waals surface area contributed by atoms with Gasteiger partial charge >= 0.3 is 5.97 Å². The number of ether oxygens (including phenoxy) is 3. The number of methoxy groups -OCH3 is 2. The molecule has 1 aliphatic rings. The fraction of sp³-hybridized carbons (Fsp3) is 0.385. The van der Waals surface area contributed by atoms with Crippen molar-refractivity contribution in [1.29, 1.82) is 0 Å². The summed E-state index contributed by atoms with van der Waals surface area (Å²) in [5, 5.41) is 2.75. The molecule has 1 unspecified atom stereocenters. The predicted octanol–water partition coefficient (Wildman–Crippen LogP) is 4.12. The number of hydrogen-bond donors (Lipinski definition) is 1. The number of imide groups is 1. The van der Waals surface area contributed by atoms with E-state index in [1.165, 1.54) is 20.3 Å². The fourth-order valence-corrected chi connectivity index (χ4v) is 4.01. The van der Waals surface area contributed by atoms with Gasteiger partial charge in [-0.05, 0) is 43.2 Å². The highest BCUT2D eigenvalue weighted by molar-refractivity contribution is 6.24. The van der Waals surface area contributed by atoms with Crippen molar-refractivity contribution in [2.24, 2.45) is 0 Å². The normalized spacial score (nSPS) is 13.3. The second-order valence-electron chi connectivity index (χ2n) is 8.00. The van der Waals surface area contributed by atoms with Gasteiger partial charge in [-0.3, -0.25) is 24.1 Å². The number of fused-ring (bicyclic) bond motifs is 1. The van der Waals surface area contributed by atoms with E-state index < -0.39 is 23.8 Å². The lowest BCUT2D eigenvalue weighted by atomic mass is 10.0. The molecule has 0 aromatic heterocycles. The van der Waals surface area contributed by atoms with Crippen LogP contribution in [0.4, 0.5) is 5.69 Å². The molecular formula is C26H30N2O7. The van der Waals surface area contributed by atoms with E-state index in [2.05, 4.69) is 5.32 Å². The van der Waals surface area contributed by atoms with Crippen LogP contribution in [-0.4, -0.2) is 49.4 Å². The van der Waals surface area contributed by atoms with Gasteiger partial charge in [-0.25, -0.2) is 0 Å². The van der Waals surface area contributed by atoms with E-state index in [9.17, 15) is 19.2 Å². The summed E-state index contributed by atoms with van der Waals surface area (Å²) in [4.78, 5) is 52.7. The summed E-state index contributed by atoms with van der Waals surface area (Å²) in [6.07, 6.45) is 1.62. The van der Waals surface area contributed by atoms with Crippen LogP contribution in [0.5, 0.6) is 11.5 Å². The van der Waals surface area contributed by atoms with Gasteiger partial charge in [-0.15, -0.1) is 0 Å². The third-order valence-corrected chi connectivity index (χ3v) is 5.75. The zero-order chi connectivity index (χ0) is 25.5. The molecule has 0 bridgehead atoms. The lowest BCUT2D eigenvalue weighted by molar-refractivity contribution is -0.141. The van der Waals surface area contributed by atoms with Crippen LogP contribution in [0.1, 0.15) is 71.9 Å². The number of anilines is 1. The van der Waals surface area contributed by atoms with Gasteiger partial charge < -0.3 is 19.5 Å². The third kappa shape index (κ3) is 5.45. The zero-order valence-electron chi connectivity index (χ0n) is 20.4. The molecule has 2 aromatic rings. The van der Waals surface area contributed by atoms with E-state index in [-0.39, 0.29) is 29.1 Å². The van der Waals surface area contributed by atoms with Gasteiger partial charge in [0.25, 0.3) is 11.8 Å². The first kappa shape index (κ1) is 25.7. The lowest BCUT2D eigenvalue weighted by Crippen LogP contribution is -2.35. The SMILES string of the molecule is CCCCC(=O)Nc1cccc2c1C(=O)N(C(CC(=O)OC)c1ccc(OC)c(OCC)c1)C2=O. The Kier molecular flexibility index (Phi) is 8.46. The number of benzene rings is 2. The summed E-state index contributed by atoms with van der Waals surface area (Å²) < 4.78 is 15.8. The standard InChI is InChI=1S/C26H30N2O7/c1-5-7-11-22(29)27-18-10-8-9-17-24(18)26(32)28(25(17)31)19(15-23(30)34-4)16-12-13-20(33-3)21(14-16)35-6-2/h8-10,12-14,19H,5-7,11,15H2,1-4H3,(H,27,29). The average molecular weight is 483 g/mol. The summed E-state index contributed by atoms with van der Waals surface area (Å²) in [6, 6.07) is 8.75. The molecule has 0 spiro atoms. The Balaban J connectivity index is 2.03. The molecule has 0 fully saturated rings. The number of unbranched alkanes of at least 4 members (excludes halogenated alkanes) is 1. The van der Waals surface area contributed by atoms with Crippen LogP contribution in [0.2, 0.25) is 0 Å². The highest BCUT2D eigenvalue weighted by Gasteiger charge is 2.43. The van der Waals surface area contributed by atoms with E-state index in [0.29, 0.717) is 36.5 Å². The molecule has 186 valence electrons. The number of amides is 3. The van der Waals surface area contributed by atoms with Crippen LogP contribution in [0.3, 0.4) is 0 Å². The van der Waals surface area contributed by atoms with Crippen molar-refractivity contribution >= 4 is 29.4 Å². The van der Waals surface area contributed by atoms with Crippen molar-refractivity contribution in [3.8, 4) is 11.5 Å². The van der Waals surface area contributed by atoms with Gasteiger partial charge in [0.05, 0.1) is 50.1 Å². The van der Waals surface area contributed by atoms with Crippen molar-refractivity contribution in [2.45, 2.75) is 45.6 Å². The summed E-state index contributed by atoms with van der Waals surface area (Å²) in [5.41, 5.74) is 1.04. The van der Waals surface area contributed by atoms with Gasteiger partial charge in [-0.1, -0.05) is 25.5 Å². The lowest BCUT2D eigenvalue weighted by Gasteiger charge is -2.26. The van der Waals surface area contributed by atoms with Crippen LogP contribution in [0, 0.1) is 0 Å². The summed E-state index contributed by atoms with van der Waals surface area (Å²) in [7, 11) is 2.75. The molecule has 1 heterocycles. The second kappa shape index (κ2) is 11.5. The Labute approximate surface area is 204 Å². The quantitative estimate of drug-likeness (QED) is 0.379. The number of hydrogen-bond acceptors (Lipinski definition) is 7. The molecule has 3 rings (SSSR count). The van der Waals surface area contributed by atoms with Crippen molar-refractivity contribution in [3.05, 3.63) is 53.1 Å². The second-order valence-corrected chi connectivity index (χ2v) is 8.00. The minimum atomic E-state index is -0.955. The molecule has 1 aliphatic heterocycles. The first-order valence-corrected chi connectivity index (χ1v) is 11.5. The summed E-state index contributed by atoms with van der Waals surface area (Å²) in [5.74, 6) is -1.08. The van der Waals surface area contributed by atoms with E-state index in [4.69, 9.17) is 14.2 Å². The number of nitrogens with zero attached hydrogens (tertiary/aromatic N) is 1. The highest BCUT2D eigenvalue weighted by atomic mass is 16.5. The molecule has 0 saturated heterocycles. The van der Waals surface area contributed by atoms with E-state index >= 15 is 0 Å². The Morgan fingerprint density at radius 1 is 1.03 bits per heavy atom. The summed E-state index contributed by atoms with van der Waals surface area (Å²) in [6.45, 7) is 4.17. The van der Waals surface area contributed by atoms with Crippen LogP contribution < -0.4 is 14.8 Å². The minimum absolute atomic E-state index is 0.107. The van der Waals surface area contributed by atoms with Crippen molar-refractivity contribution < 1.29 is 33.4 Å². The van der Waals surface area contributed by atoms with Gasteiger partial charge in [0.2, 0.25) is 5.91 Å². The van der Waals surface area contributed by atoms with Gasteiger partial charge in [-0.2, -0.15) is 0 Å². The highest BCUT2D eigenvalue weighted by Crippen LogP contribution is 2.39. The van der Waals surface area contributed by atoms with Crippen LogP contribution in [0.25, 0.3) is 0 Å². The molecule has 0 radical (unpaired) electrons. The van der Waals surface area contributed by atoms with E-state index in [1.807, 2.05) is 13.8 Å². The third-order valence-electron chi connectivity index (χ3n) is 5.75. The Morgan fingerprint density at radius 3 is 2.46 bits per heavy atom. The molecule has 35 heavy (non-hydrogen) atoms. The zero-order valence-corrected chi connectivity index (χ0v) is 20.4. The first-order valence-electron chi connectivity index (χ1n) is 11.5. The van der Waals surface area contributed by atoms with E-state index in [1.54, 1.807) is 30.3 Å². The van der Waals surface area contributed by atoms with Gasteiger partial charge in [0, 0.05) is 6.42 Å². The molecule has 9 nitrogen and oxygen atoms in total. The molecule has 1 atom stereocenters. The summed E-state index contributed by atoms with van der Waals surface area (Å²) >= 11 is 0. The fourth-order valence-electron chi connectivity index (χ4n) is 4.01. The van der Waals surface area contributed by atoms with Crippen LogP contribution in [0.15, 0.2) is 36.4 Å². The number of carbonyl (C=O) groups is 4. The number of esters is 1. The molecule has 9 heteroatoms. The molecule has 1 N–H and O–H groups in total.